The second kappa shape index (κ2) is 7.80. The molecule has 28 heavy (non-hydrogen) atoms. The topological polar surface area (TPSA) is 78.5 Å². The van der Waals surface area contributed by atoms with Crippen LogP contribution in [-0.4, -0.2) is 29.3 Å². The average molecular weight is 383 g/mol. The SMILES string of the molecule is CCc1ccccc1NC(=O)CN1C(=O)N[C@@](CC)(c2ccc(F)cc2)C1=O. The maximum absolute atomic E-state index is 13.3. The number of amides is 4. The predicted molar refractivity (Wildman–Crippen MR) is 103 cm³/mol. The Morgan fingerprint density at radius 3 is 2.43 bits per heavy atom. The lowest BCUT2D eigenvalue weighted by Crippen LogP contribution is -2.44. The zero-order chi connectivity index (χ0) is 20.3. The smallest absolute Gasteiger partial charge is 0.324 e. The van der Waals surface area contributed by atoms with E-state index < -0.39 is 35.7 Å². The van der Waals surface area contributed by atoms with Crippen LogP contribution in [0.2, 0.25) is 0 Å². The fraction of sp³-hybridized carbons (Fsp3) is 0.286. The van der Waals surface area contributed by atoms with E-state index in [1.807, 2.05) is 19.1 Å². The molecular weight excluding hydrogens is 361 g/mol. The highest BCUT2D eigenvalue weighted by molar-refractivity contribution is 6.10. The van der Waals surface area contributed by atoms with Gasteiger partial charge in [0.05, 0.1) is 0 Å². The van der Waals surface area contributed by atoms with Crippen molar-refractivity contribution in [1.29, 1.82) is 0 Å². The van der Waals surface area contributed by atoms with E-state index in [1.54, 1.807) is 19.1 Å². The van der Waals surface area contributed by atoms with E-state index in [2.05, 4.69) is 10.6 Å². The Morgan fingerprint density at radius 2 is 1.79 bits per heavy atom. The van der Waals surface area contributed by atoms with Crippen molar-refractivity contribution in [2.45, 2.75) is 32.2 Å². The van der Waals surface area contributed by atoms with Gasteiger partial charge in [0.1, 0.15) is 17.9 Å². The highest BCUT2D eigenvalue weighted by atomic mass is 19.1. The summed E-state index contributed by atoms with van der Waals surface area (Å²) in [5.74, 6) is -1.42. The summed E-state index contributed by atoms with van der Waals surface area (Å²) >= 11 is 0. The average Bonchev–Trinajstić information content (AvgIpc) is 2.94. The number of nitrogens with zero attached hydrogens (tertiary/aromatic N) is 1. The number of carbonyl (C=O) groups excluding carboxylic acids is 3. The summed E-state index contributed by atoms with van der Waals surface area (Å²) in [7, 11) is 0. The third-order valence-electron chi connectivity index (χ3n) is 5.02. The van der Waals surface area contributed by atoms with Gasteiger partial charge in [-0.25, -0.2) is 9.18 Å². The summed E-state index contributed by atoms with van der Waals surface area (Å²) < 4.78 is 13.3. The molecule has 2 N–H and O–H groups in total. The Bertz CT molecular complexity index is 913. The molecule has 4 amide bonds. The molecule has 7 heteroatoms. The van der Waals surface area contributed by atoms with Crippen molar-refractivity contribution in [1.82, 2.24) is 10.2 Å². The number of imide groups is 1. The van der Waals surface area contributed by atoms with Crippen molar-refractivity contribution in [3.05, 3.63) is 65.5 Å². The van der Waals surface area contributed by atoms with E-state index in [4.69, 9.17) is 0 Å². The highest BCUT2D eigenvalue weighted by Gasteiger charge is 2.51. The van der Waals surface area contributed by atoms with Crippen LogP contribution >= 0.6 is 0 Å². The Morgan fingerprint density at radius 1 is 1.11 bits per heavy atom. The quantitative estimate of drug-likeness (QED) is 0.752. The van der Waals surface area contributed by atoms with Crippen molar-refractivity contribution < 1.29 is 18.8 Å². The maximum atomic E-state index is 13.3. The minimum absolute atomic E-state index is 0.278. The number of nitrogens with one attached hydrogen (secondary N) is 2. The Labute approximate surface area is 162 Å². The number of hydrogen-bond donors (Lipinski definition) is 2. The number of anilines is 1. The van der Waals surface area contributed by atoms with Gasteiger partial charge in [-0.15, -0.1) is 0 Å². The fourth-order valence-electron chi connectivity index (χ4n) is 3.43. The Kier molecular flexibility index (Phi) is 5.44. The summed E-state index contributed by atoms with van der Waals surface area (Å²) in [6.45, 7) is 3.33. The van der Waals surface area contributed by atoms with Gasteiger partial charge in [0.25, 0.3) is 5.91 Å². The molecule has 0 aromatic heterocycles. The van der Waals surface area contributed by atoms with Gasteiger partial charge in [-0.3, -0.25) is 14.5 Å². The van der Waals surface area contributed by atoms with Crippen LogP contribution in [-0.2, 0) is 21.5 Å². The minimum Gasteiger partial charge on any atom is -0.324 e. The number of rotatable bonds is 6. The first-order valence-corrected chi connectivity index (χ1v) is 9.19. The summed E-state index contributed by atoms with van der Waals surface area (Å²) in [6.07, 6.45) is 1.02. The summed E-state index contributed by atoms with van der Waals surface area (Å²) in [6, 6.07) is 12.1. The molecule has 1 fully saturated rings. The molecule has 0 aliphatic carbocycles. The van der Waals surface area contributed by atoms with E-state index >= 15 is 0 Å². The summed E-state index contributed by atoms with van der Waals surface area (Å²) in [4.78, 5) is 38.9. The third kappa shape index (κ3) is 3.47. The molecule has 0 bridgehead atoms. The number of halogens is 1. The van der Waals surface area contributed by atoms with Gasteiger partial charge in [0.15, 0.2) is 0 Å². The number of para-hydroxylation sites is 1. The van der Waals surface area contributed by atoms with Crippen molar-refractivity contribution in [3.8, 4) is 0 Å². The molecule has 2 aromatic rings. The summed E-state index contributed by atoms with van der Waals surface area (Å²) in [5.41, 5.74) is 0.797. The van der Waals surface area contributed by atoms with Gasteiger partial charge >= 0.3 is 6.03 Å². The van der Waals surface area contributed by atoms with Crippen LogP contribution < -0.4 is 10.6 Å². The molecule has 3 rings (SSSR count). The van der Waals surface area contributed by atoms with Crippen LogP contribution in [0.4, 0.5) is 14.9 Å². The normalized spacial score (nSPS) is 18.9. The number of aryl methyl sites for hydroxylation is 1. The van der Waals surface area contributed by atoms with E-state index in [0.717, 1.165) is 16.9 Å². The van der Waals surface area contributed by atoms with Gasteiger partial charge in [-0.1, -0.05) is 44.2 Å². The Hall–Kier alpha value is -3.22. The van der Waals surface area contributed by atoms with E-state index in [0.29, 0.717) is 11.3 Å². The molecule has 1 aliphatic heterocycles. The second-order valence-electron chi connectivity index (χ2n) is 6.65. The Balaban J connectivity index is 1.79. The van der Waals surface area contributed by atoms with E-state index in [-0.39, 0.29) is 6.42 Å². The second-order valence-corrected chi connectivity index (χ2v) is 6.65. The predicted octanol–water partition coefficient (Wildman–Crippen LogP) is 3.18. The van der Waals surface area contributed by atoms with Crippen molar-refractivity contribution >= 4 is 23.5 Å². The molecule has 6 nitrogen and oxygen atoms in total. The van der Waals surface area contributed by atoms with Gasteiger partial charge < -0.3 is 10.6 Å². The maximum Gasteiger partial charge on any atom is 0.325 e. The van der Waals surface area contributed by atoms with Gasteiger partial charge in [0.2, 0.25) is 5.91 Å². The van der Waals surface area contributed by atoms with Crippen LogP contribution in [0, 0.1) is 5.82 Å². The van der Waals surface area contributed by atoms with Gasteiger partial charge in [-0.05, 0) is 42.2 Å². The molecule has 1 saturated heterocycles. The number of urea groups is 1. The molecule has 2 aromatic carbocycles. The molecule has 1 aliphatic rings. The molecule has 1 heterocycles. The van der Waals surface area contributed by atoms with Crippen LogP contribution in [0.5, 0.6) is 0 Å². The third-order valence-corrected chi connectivity index (χ3v) is 5.02. The highest BCUT2D eigenvalue weighted by Crippen LogP contribution is 2.32. The fourth-order valence-corrected chi connectivity index (χ4v) is 3.43. The molecule has 0 radical (unpaired) electrons. The van der Waals surface area contributed by atoms with Crippen LogP contribution in [0.3, 0.4) is 0 Å². The van der Waals surface area contributed by atoms with Gasteiger partial charge in [-0.2, -0.15) is 0 Å². The minimum atomic E-state index is -1.30. The molecule has 0 spiro atoms. The van der Waals surface area contributed by atoms with Gasteiger partial charge in [0, 0.05) is 5.69 Å². The lowest BCUT2D eigenvalue weighted by molar-refractivity contribution is -0.134. The lowest BCUT2D eigenvalue weighted by atomic mass is 9.87. The molecule has 0 unspecified atom stereocenters. The number of benzene rings is 2. The standard InChI is InChI=1S/C21H22FN3O3/c1-3-14-7-5-6-8-17(14)23-18(26)13-25-19(27)21(4-2,24-20(25)28)15-9-11-16(22)12-10-15/h5-12H,3-4,13H2,1-2H3,(H,23,26)(H,24,28)/t21-/m0/s1. The summed E-state index contributed by atoms with van der Waals surface area (Å²) in [5, 5.41) is 5.44. The first-order chi connectivity index (χ1) is 13.4. The number of hydrogen-bond acceptors (Lipinski definition) is 3. The van der Waals surface area contributed by atoms with Crippen molar-refractivity contribution in [2.75, 3.05) is 11.9 Å². The lowest BCUT2D eigenvalue weighted by Gasteiger charge is -2.25. The van der Waals surface area contributed by atoms with Crippen LogP contribution in [0.15, 0.2) is 48.5 Å². The molecule has 0 saturated carbocycles. The molecular formula is C21H22FN3O3. The van der Waals surface area contributed by atoms with Crippen LogP contribution in [0.25, 0.3) is 0 Å². The van der Waals surface area contributed by atoms with E-state index in [9.17, 15) is 18.8 Å². The number of carbonyl (C=O) groups is 3. The zero-order valence-electron chi connectivity index (χ0n) is 15.8. The molecule has 1 atom stereocenters. The first-order valence-electron chi connectivity index (χ1n) is 9.19. The van der Waals surface area contributed by atoms with Crippen molar-refractivity contribution in [3.63, 3.8) is 0 Å². The first kappa shape index (κ1) is 19.5. The zero-order valence-corrected chi connectivity index (χ0v) is 15.8. The van der Waals surface area contributed by atoms with E-state index in [1.165, 1.54) is 24.3 Å². The molecule has 146 valence electrons. The monoisotopic (exact) mass is 383 g/mol. The van der Waals surface area contributed by atoms with Crippen LogP contribution in [0.1, 0.15) is 31.4 Å². The van der Waals surface area contributed by atoms with Crippen molar-refractivity contribution in [2.24, 2.45) is 0 Å². The largest absolute Gasteiger partial charge is 0.325 e.